The van der Waals surface area contributed by atoms with Crippen molar-refractivity contribution >= 4 is 18.0 Å². The molecule has 0 radical (unpaired) electrons. The molecule has 178 valence electrons. The Balaban J connectivity index is 1.20. The lowest BCUT2D eigenvalue weighted by molar-refractivity contribution is -0.145. The van der Waals surface area contributed by atoms with Gasteiger partial charge in [0.1, 0.15) is 12.1 Å². The van der Waals surface area contributed by atoms with Gasteiger partial charge in [0.2, 0.25) is 5.91 Å². The van der Waals surface area contributed by atoms with Crippen molar-refractivity contribution in [1.82, 2.24) is 10.6 Å². The lowest BCUT2D eigenvalue weighted by atomic mass is 9.74. The van der Waals surface area contributed by atoms with Gasteiger partial charge in [-0.25, -0.2) is 4.79 Å². The van der Waals surface area contributed by atoms with E-state index in [2.05, 4.69) is 34.9 Å². The lowest BCUT2D eigenvalue weighted by Gasteiger charge is -2.41. The number of ether oxygens (including phenoxy) is 1. The monoisotopic (exact) mass is 462 g/mol. The number of alkyl carbamates (subject to hydrolysis) is 1. The number of carboxylic acid groups (broad SMARTS) is 1. The zero-order chi connectivity index (χ0) is 23.7. The van der Waals surface area contributed by atoms with Crippen LogP contribution in [0, 0.1) is 11.8 Å². The van der Waals surface area contributed by atoms with Crippen molar-refractivity contribution < 1.29 is 24.2 Å². The number of rotatable bonds is 8. The number of hydrogen-bond acceptors (Lipinski definition) is 4. The fourth-order valence-electron chi connectivity index (χ4n) is 5.44. The van der Waals surface area contributed by atoms with Crippen LogP contribution in [-0.4, -0.2) is 41.8 Å². The molecule has 3 aliphatic rings. The average Bonchev–Trinajstić information content (AvgIpc) is 3.09. The molecule has 2 aromatic rings. The second-order valence-electron chi connectivity index (χ2n) is 9.73. The minimum absolute atomic E-state index is 0.0527. The van der Waals surface area contributed by atoms with Gasteiger partial charge in [-0.15, -0.1) is 0 Å². The quantitative estimate of drug-likeness (QED) is 0.549. The van der Waals surface area contributed by atoms with E-state index in [1.807, 2.05) is 24.3 Å². The Morgan fingerprint density at radius 1 is 0.971 bits per heavy atom. The summed E-state index contributed by atoms with van der Waals surface area (Å²) in [6.45, 7) is 0.271. The van der Waals surface area contributed by atoms with Crippen molar-refractivity contribution in [3.05, 3.63) is 59.7 Å². The molecule has 0 heterocycles. The molecule has 2 saturated carbocycles. The van der Waals surface area contributed by atoms with Crippen molar-refractivity contribution in [3.63, 3.8) is 0 Å². The van der Waals surface area contributed by atoms with Gasteiger partial charge in [-0.1, -0.05) is 55.0 Å². The van der Waals surface area contributed by atoms with Gasteiger partial charge in [-0.2, -0.15) is 0 Å². The molecule has 34 heavy (non-hydrogen) atoms. The van der Waals surface area contributed by atoms with E-state index in [0.29, 0.717) is 12.8 Å². The number of amides is 2. The zero-order valence-electron chi connectivity index (χ0n) is 19.1. The van der Waals surface area contributed by atoms with E-state index in [0.717, 1.165) is 47.9 Å². The third-order valence-electron chi connectivity index (χ3n) is 7.85. The van der Waals surface area contributed by atoms with Gasteiger partial charge >= 0.3 is 12.1 Å². The average molecular weight is 463 g/mol. The molecule has 3 N–H and O–H groups in total. The van der Waals surface area contributed by atoms with Gasteiger partial charge in [0.05, 0.1) is 5.92 Å². The van der Waals surface area contributed by atoms with Gasteiger partial charge in [-0.05, 0) is 60.3 Å². The van der Waals surface area contributed by atoms with Crippen molar-refractivity contribution in [2.24, 2.45) is 11.8 Å². The smallest absolute Gasteiger partial charge is 0.408 e. The third-order valence-corrected chi connectivity index (χ3v) is 7.85. The molecule has 0 saturated heterocycles. The Morgan fingerprint density at radius 3 is 2.09 bits per heavy atom. The van der Waals surface area contributed by atoms with E-state index in [1.54, 1.807) is 0 Å². The van der Waals surface area contributed by atoms with Gasteiger partial charge < -0.3 is 20.5 Å². The van der Waals surface area contributed by atoms with Crippen LogP contribution in [0.5, 0.6) is 0 Å². The third kappa shape index (κ3) is 4.04. The molecule has 0 aliphatic heterocycles. The molecule has 2 amide bonds. The Kier molecular flexibility index (Phi) is 6.02. The molecule has 7 heteroatoms. The Morgan fingerprint density at radius 2 is 1.59 bits per heavy atom. The van der Waals surface area contributed by atoms with Crippen molar-refractivity contribution in [3.8, 4) is 11.1 Å². The maximum Gasteiger partial charge on any atom is 0.408 e. The van der Waals surface area contributed by atoms with Crippen LogP contribution in [0.1, 0.15) is 55.6 Å². The number of nitrogens with one attached hydrogen (secondary N) is 2. The molecule has 0 aromatic heterocycles. The van der Waals surface area contributed by atoms with E-state index < -0.39 is 23.5 Å². The number of carboxylic acids is 1. The first-order chi connectivity index (χ1) is 16.5. The minimum atomic E-state index is -1.02. The molecule has 0 bridgehead atoms. The second-order valence-corrected chi connectivity index (χ2v) is 9.73. The number of carbonyl (C=O) groups excluding carboxylic acids is 2. The predicted molar refractivity (Wildman–Crippen MR) is 126 cm³/mol. The first kappa shape index (κ1) is 22.4. The van der Waals surface area contributed by atoms with Crippen molar-refractivity contribution in [1.29, 1.82) is 0 Å². The molecular formula is C27H30N2O5. The van der Waals surface area contributed by atoms with Crippen LogP contribution >= 0.6 is 0 Å². The summed E-state index contributed by atoms with van der Waals surface area (Å²) in [5.74, 6) is -1.72. The molecule has 2 aromatic carbocycles. The summed E-state index contributed by atoms with van der Waals surface area (Å²) >= 11 is 0. The van der Waals surface area contributed by atoms with Crippen molar-refractivity contribution in [2.75, 3.05) is 13.2 Å². The SMILES string of the molecule is O=C(NC1(C(=O)NCC(C(=O)O)C2CCC2)CCC1)OCC1c2ccccc2-c2ccccc21. The summed E-state index contributed by atoms with van der Waals surface area (Å²) in [4.78, 5) is 37.3. The standard InChI is InChI=1S/C27H30N2O5/c30-24(31)22(17-7-5-8-17)15-28-25(32)27(13-6-14-27)29-26(33)34-16-23-20-11-3-1-9-18(20)19-10-2-4-12-21(19)23/h1-4,9-12,17,22-23H,5-8,13-16H2,(H,28,32)(H,29,33)(H,30,31). The normalized spacial score (nSPS) is 19.1. The summed E-state index contributed by atoms with van der Waals surface area (Å²) < 4.78 is 5.63. The van der Waals surface area contributed by atoms with Gasteiger partial charge in [0.15, 0.2) is 0 Å². The first-order valence-electron chi connectivity index (χ1n) is 12.1. The fourth-order valence-corrected chi connectivity index (χ4v) is 5.44. The van der Waals surface area contributed by atoms with E-state index in [4.69, 9.17) is 4.74 Å². The maximum absolute atomic E-state index is 13.0. The summed E-state index contributed by atoms with van der Waals surface area (Å²) in [5, 5.41) is 15.1. The number of fused-ring (bicyclic) bond motifs is 3. The van der Waals surface area contributed by atoms with Gasteiger partial charge in [-0.3, -0.25) is 9.59 Å². The molecule has 1 atom stereocenters. The summed E-state index contributed by atoms with van der Waals surface area (Å²) in [6.07, 6.45) is 4.04. The van der Waals surface area contributed by atoms with E-state index in [1.165, 1.54) is 0 Å². The van der Waals surface area contributed by atoms with Crippen LogP contribution < -0.4 is 10.6 Å². The number of hydrogen-bond donors (Lipinski definition) is 3. The van der Waals surface area contributed by atoms with Crippen LogP contribution in [0.25, 0.3) is 11.1 Å². The maximum atomic E-state index is 13.0. The highest BCUT2D eigenvalue weighted by molar-refractivity contribution is 5.91. The highest BCUT2D eigenvalue weighted by Gasteiger charge is 2.46. The van der Waals surface area contributed by atoms with Gasteiger partial charge in [0, 0.05) is 12.5 Å². The molecule has 0 spiro atoms. The van der Waals surface area contributed by atoms with Crippen molar-refractivity contribution in [2.45, 2.75) is 50.0 Å². The second kappa shape index (κ2) is 9.12. The molecule has 7 nitrogen and oxygen atoms in total. The van der Waals surface area contributed by atoms with Gasteiger partial charge in [0.25, 0.3) is 0 Å². The number of carbonyl (C=O) groups is 3. The van der Waals surface area contributed by atoms with Crippen LogP contribution in [-0.2, 0) is 14.3 Å². The summed E-state index contributed by atoms with van der Waals surface area (Å²) in [7, 11) is 0. The largest absolute Gasteiger partial charge is 0.481 e. The van der Waals surface area contributed by atoms with E-state index in [-0.39, 0.29) is 30.9 Å². The Labute approximate surface area is 198 Å². The van der Waals surface area contributed by atoms with Crippen LogP contribution in [0.2, 0.25) is 0 Å². The lowest BCUT2D eigenvalue weighted by Crippen LogP contribution is -2.63. The highest BCUT2D eigenvalue weighted by atomic mass is 16.5. The highest BCUT2D eigenvalue weighted by Crippen LogP contribution is 2.44. The Bertz CT molecular complexity index is 1060. The fraction of sp³-hybridized carbons (Fsp3) is 0.444. The first-order valence-corrected chi connectivity index (χ1v) is 12.1. The molecular weight excluding hydrogens is 432 g/mol. The number of benzene rings is 2. The molecule has 1 unspecified atom stereocenters. The molecule has 3 aliphatic carbocycles. The van der Waals surface area contributed by atoms with Crippen LogP contribution in [0.3, 0.4) is 0 Å². The topological polar surface area (TPSA) is 105 Å². The molecule has 2 fully saturated rings. The zero-order valence-corrected chi connectivity index (χ0v) is 19.1. The van der Waals surface area contributed by atoms with Crippen LogP contribution in [0.15, 0.2) is 48.5 Å². The van der Waals surface area contributed by atoms with E-state index >= 15 is 0 Å². The van der Waals surface area contributed by atoms with E-state index in [9.17, 15) is 19.5 Å². The summed E-state index contributed by atoms with van der Waals surface area (Å²) in [6, 6.07) is 16.3. The minimum Gasteiger partial charge on any atom is -0.481 e. The summed E-state index contributed by atoms with van der Waals surface area (Å²) in [5.41, 5.74) is 3.54. The Hall–Kier alpha value is -3.35. The van der Waals surface area contributed by atoms with Crippen LogP contribution in [0.4, 0.5) is 4.79 Å². The predicted octanol–water partition coefficient (Wildman–Crippen LogP) is 4.06. The number of aliphatic carboxylic acids is 1. The molecule has 5 rings (SSSR count).